The molecule has 2 N–H and O–H groups in total. The van der Waals surface area contributed by atoms with Crippen LogP contribution in [0.3, 0.4) is 0 Å². The van der Waals surface area contributed by atoms with E-state index in [0.29, 0.717) is 24.9 Å². The first-order valence-electron chi connectivity index (χ1n) is 7.72. The number of thiazole rings is 1. The molecule has 2 amide bonds. The van der Waals surface area contributed by atoms with Gasteiger partial charge in [0, 0.05) is 38.5 Å². The molecule has 1 aliphatic heterocycles. The number of nitrogens with zero attached hydrogens (tertiary/aromatic N) is 2. The standard InChI is InChI=1S/C15H26N4O2S/c1-10(2)13-11(5-6-21-13)7-16-14(20)17-8-12-9-22-15(18-12)19(3)4/h9-11,13H,5-8H2,1-4H3,(H2,16,17,20)/t11-,13+/m1/s1. The second-order valence-corrected chi connectivity index (χ2v) is 7.04. The Morgan fingerprint density at radius 3 is 2.91 bits per heavy atom. The predicted octanol–water partition coefficient (Wildman–Crippen LogP) is 2.07. The average Bonchev–Trinajstić information content (AvgIpc) is 3.11. The van der Waals surface area contributed by atoms with Gasteiger partial charge in [-0.05, 0) is 12.3 Å². The monoisotopic (exact) mass is 326 g/mol. The molecule has 0 bridgehead atoms. The van der Waals surface area contributed by atoms with Crippen LogP contribution in [0.2, 0.25) is 0 Å². The minimum Gasteiger partial charge on any atom is -0.378 e. The normalized spacial score (nSPS) is 21.1. The second kappa shape index (κ2) is 7.78. The van der Waals surface area contributed by atoms with E-state index >= 15 is 0 Å². The lowest BCUT2D eigenvalue weighted by atomic mass is 9.93. The van der Waals surface area contributed by atoms with Gasteiger partial charge in [-0.2, -0.15) is 0 Å². The van der Waals surface area contributed by atoms with Crippen LogP contribution >= 0.6 is 11.3 Å². The molecule has 1 saturated heterocycles. The average molecular weight is 326 g/mol. The Hall–Kier alpha value is -1.34. The number of anilines is 1. The van der Waals surface area contributed by atoms with E-state index in [9.17, 15) is 4.79 Å². The van der Waals surface area contributed by atoms with Crippen molar-refractivity contribution in [2.24, 2.45) is 11.8 Å². The third-order valence-electron chi connectivity index (χ3n) is 3.80. The van der Waals surface area contributed by atoms with Crippen molar-refractivity contribution in [2.75, 3.05) is 32.1 Å². The van der Waals surface area contributed by atoms with Gasteiger partial charge in [-0.15, -0.1) is 11.3 Å². The highest BCUT2D eigenvalue weighted by Gasteiger charge is 2.30. The quantitative estimate of drug-likeness (QED) is 0.840. The fourth-order valence-corrected chi connectivity index (χ4v) is 3.41. The third kappa shape index (κ3) is 4.58. The Balaban J connectivity index is 1.71. The van der Waals surface area contributed by atoms with Crippen molar-refractivity contribution < 1.29 is 9.53 Å². The highest BCUT2D eigenvalue weighted by molar-refractivity contribution is 7.13. The molecule has 22 heavy (non-hydrogen) atoms. The molecule has 0 spiro atoms. The summed E-state index contributed by atoms with van der Waals surface area (Å²) in [7, 11) is 3.91. The molecule has 0 aliphatic carbocycles. The molecular weight excluding hydrogens is 300 g/mol. The lowest BCUT2D eigenvalue weighted by Gasteiger charge is -2.22. The lowest BCUT2D eigenvalue weighted by Crippen LogP contribution is -2.40. The van der Waals surface area contributed by atoms with Crippen molar-refractivity contribution in [1.29, 1.82) is 0 Å². The maximum absolute atomic E-state index is 11.9. The van der Waals surface area contributed by atoms with Gasteiger partial charge in [-0.3, -0.25) is 0 Å². The van der Waals surface area contributed by atoms with Crippen LogP contribution in [-0.2, 0) is 11.3 Å². The Morgan fingerprint density at radius 1 is 1.50 bits per heavy atom. The Labute approximate surface area is 136 Å². The van der Waals surface area contributed by atoms with E-state index in [4.69, 9.17) is 4.74 Å². The molecule has 2 rings (SSSR count). The van der Waals surface area contributed by atoms with Gasteiger partial charge in [-0.1, -0.05) is 13.8 Å². The van der Waals surface area contributed by atoms with Gasteiger partial charge in [0.1, 0.15) is 0 Å². The van der Waals surface area contributed by atoms with Crippen LogP contribution in [0.4, 0.5) is 9.93 Å². The summed E-state index contributed by atoms with van der Waals surface area (Å²) < 4.78 is 5.73. The zero-order valence-electron chi connectivity index (χ0n) is 13.8. The van der Waals surface area contributed by atoms with E-state index in [-0.39, 0.29) is 12.1 Å². The van der Waals surface area contributed by atoms with Gasteiger partial charge in [-0.25, -0.2) is 9.78 Å². The summed E-state index contributed by atoms with van der Waals surface area (Å²) in [5.41, 5.74) is 0.883. The van der Waals surface area contributed by atoms with Crippen LogP contribution in [0.15, 0.2) is 5.38 Å². The maximum atomic E-state index is 11.9. The smallest absolute Gasteiger partial charge is 0.315 e. The van der Waals surface area contributed by atoms with Crippen molar-refractivity contribution >= 4 is 22.5 Å². The van der Waals surface area contributed by atoms with Crippen LogP contribution in [0, 0.1) is 11.8 Å². The Kier molecular flexibility index (Phi) is 6.02. The molecule has 124 valence electrons. The number of nitrogens with one attached hydrogen (secondary N) is 2. The number of aromatic nitrogens is 1. The van der Waals surface area contributed by atoms with Crippen molar-refractivity contribution in [1.82, 2.24) is 15.6 Å². The van der Waals surface area contributed by atoms with Crippen molar-refractivity contribution in [2.45, 2.75) is 32.9 Å². The molecule has 1 fully saturated rings. The lowest BCUT2D eigenvalue weighted by molar-refractivity contribution is 0.0545. The van der Waals surface area contributed by atoms with Gasteiger partial charge >= 0.3 is 6.03 Å². The molecule has 1 aromatic heterocycles. The number of urea groups is 1. The van der Waals surface area contributed by atoms with E-state index in [1.165, 1.54) is 0 Å². The fraction of sp³-hybridized carbons (Fsp3) is 0.733. The predicted molar refractivity (Wildman–Crippen MR) is 89.4 cm³/mol. The van der Waals surface area contributed by atoms with E-state index in [1.807, 2.05) is 24.4 Å². The Morgan fingerprint density at radius 2 is 2.27 bits per heavy atom. The number of amides is 2. The number of rotatable bonds is 6. The molecule has 6 nitrogen and oxygen atoms in total. The summed E-state index contributed by atoms with van der Waals surface area (Å²) in [6.45, 7) is 6.23. The van der Waals surface area contributed by atoms with Crippen LogP contribution < -0.4 is 15.5 Å². The third-order valence-corrected chi connectivity index (χ3v) is 4.85. The molecule has 2 heterocycles. The summed E-state index contributed by atoms with van der Waals surface area (Å²) in [5, 5.41) is 8.71. The topological polar surface area (TPSA) is 66.5 Å². The molecule has 0 unspecified atom stereocenters. The van der Waals surface area contributed by atoms with Gasteiger partial charge in [0.05, 0.1) is 18.3 Å². The van der Waals surface area contributed by atoms with Gasteiger partial charge in [0.2, 0.25) is 0 Å². The number of hydrogen-bond donors (Lipinski definition) is 2. The summed E-state index contributed by atoms with van der Waals surface area (Å²) in [6.07, 6.45) is 1.27. The fourth-order valence-electron chi connectivity index (χ4n) is 2.65. The number of ether oxygens (including phenoxy) is 1. The van der Waals surface area contributed by atoms with Gasteiger partial charge in [0.15, 0.2) is 5.13 Å². The number of carbonyl (C=O) groups excluding carboxylic acids is 1. The number of carbonyl (C=O) groups is 1. The second-order valence-electron chi connectivity index (χ2n) is 6.21. The van der Waals surface area contributed by atoms with Crippen molar-refractivity contribution in [3.8, 4) is 0 Å². The SMILES string of the molecule is CC(C)[C@@H]1OCC[C@@H]1CNC(=O)NCc1csc(N(C)C)n1. The van der Waals surface area contributed by atoms with Gasteiger partial charge < -0.3 is 20.3 Å². The first-order chi connectivity index (χ1) is 10.5. The highest BCUT2D eigenvalue weighted by atomic mass is 32.1. The first-order valence-corrected chi connectivity index (χ1v) is 8.60. The van der Waals surface area contributed by atoms with E-state index in [0.717, 1.165) is 23.9 Å². The number of hydrogen-bond acceptors (Lipinski definition) is 5. The maximum Gasteiger partial charge on any atom is 0.315 e. The molecule has 0 saturated carbocycles. The summed E-state index contributed by atoms with van der Waals surface area (Å²) in [6, 6.07) is -0.145. The van der Waals surface area contributed by atoms with E-state index in [2.05, 4.69) is 29.5 Å². The Bertz CT molecular complexity index is 490. The zero-order chi connectivity index (χ0) is 16.1. The summed E-state index contributed by atoms with van der Waals surface area (Å²) in [4.78, 5) is 18.3. The van der Waals surface area contributed by atoms with Crippen LogP contribution in [0.1, 0.15) is 26.0 Å². The molecular formula is C15H26N4O2S. The largest absolute Gasteiger partial charge is 0.378 e. The van der Waals surface area contributed by atoms with Crippen molar-refractivity contribution in [3.05, 3.63) is 11.1 Å². The molecule has 7 heteroatoms. The van der Waals surface area contributed by atoms with Crippen molar-refractivity contribution in [3.63, 3.8) is 0 Å². The van der Waals surface area contributed by atoms with Crippen LogP contribution in [0.5, 0.6) is 0 Å². The molecule has 2 atom stereocenters. The minimum absolute atomic E-state index is 0.145. The highest BCUT2D eigenvalue weighted by Crippen LogP contribution is 2.26. The van der Waals surface area contributed by atoms with Gasteiger partial charge in [0.25, 0.3) is 0 Å². The molecule has 1 aliphatic rings. The van der Waals surface area contributed by atoms with Crippen LogP contribution in [-0.4, -0.2) is 44.4 Å². The molecule has 1 aromatic rings. The van der Waals surface area contributed by atoms with E-state index < -0.39 is 0 Å². The molecule has 0 radical (unpaired) electrons. The zero-order valence-corrected chi connectivity index (χ0v) is 14.6. The summed E-state index contributed by atoms with van der Waals surface area (Å²) in [5.74, 6) is 0.891. The van der Waals surface area contributed by atoms with Crippen LogP contribution in [0.25, 0.3) is 0 Å². The molecule has 0 aromatic carbocycles. The van der Waals surface area contributed by atoms with E-state index in [1.54, 1.807) is 11.3 Å². The minimum atomic E-state index is -0.145. The first kappa shape index (κ1) is 17.0. The summed E-state index contributed by atoms with van der Waals surface area (Å²) >= 11 is 1.57.